The highest BCUT2D eigenvalue weighted by Crippen LogP contribution is 2.42. The molecular formula is C28H29ClN2O6. The maximum absolute atomic E-state index is 13.8. The number of amides is 2. The van der Waals surface area contributed by atoms with E-state index in [1.54, 1.807) is 43.4 Å². The Kier molecular flexibility index (Phi) is 8.08. The molecule has 0 spiro atoms. The fourth-order valence-electron chi connectivity index (χ4n) is 4.58. The Hall–Kier alpha value is -3.91. The summed E-state index contributed by atoms with van der Waals surface area (Å²) in [7, 11) is 6.18. The van der Waals surface area contributed by atoms with Crippen LogP contribution in [0.25, 0.3) is 0 Å². The zero-order chi connectivity index (χ0) is 26.5. The first kappa shape index (κ1) is 26.2. The molecule has 3 aromatic rings. The number of carbonyl (C=O) groups excluding carboxylic acids is 2. The first-order valence-electron chi connectivity index (χ1n) is 11.7. The summed E-state index contributed by atoms with van der Waals surface area (Å²) in [5, 5.41) is 3.30. The Labute approximate surface area is 221 Å². The number of hydrogen-bond donors (Lipinski definition) is 1. The Morgan fingerprint density at radius 2 is 1.46 bits per heavy atom. The molecule has 3 aromatic carbocycles. The smallest absolute Gasteiger partial charge is 0.230 e. The third-order valence-electron chi connectivity index (χ3n) is 6.47. The number of nitrogens with zero attached hydrogens (tertiary/aromatic N) is 1. The largest absolute Gasteiger partial charge is 0.497 e. The summed E-state index contributed by atoms with van der Waals surface area (Å²) in [5.41, 5.74) is 1.90. The van der Waals surface area contributed by atoms with Gasteiger partial charge in [-0.15, -0.1) is 0 Å². The highest BCUT2D eigenvalue weighted by atomic mass is 35.5. The van der Waals surface area contributed by atoms with Gasteiger partial charge in [-0.2, -0.15) is 0 Å². The van der Waals surface area contributed by atoms with Crippen LogP contribution in [0.4, 0.5) is 11.4 Å². The second-order valence-electron chi connectivity index (χ2n) is 8.50. The summed E-state index contributed by atoms with van der Waals surface area (Å²) in [5.74, 6) is 1.31. The predicted octanol–water partition coefficient (Wildman–Crippen LogP) is 5.50. The van der Waals surface area contributed by atoms with Crippen molar-refractivity contribution in [3.63, 3.8) is 0 Å². The molecule has 2 amide bonds. The van der Waals surface area contributed by atoms with E-state index in [0.717, 1.165) is 5.56 Å². The van der Waals surface area contributed by atoms with Crippen LogP contribution in [0.5, 0.6) is 23.0 Å². The number of nitrogens with one attached hydrogen (secondary N) is 1. The van der Waals surface area contributed by atoms with E-state index in [4.69, 9.17) is 30.5 Å². The number of hydrogen-bond acceptors (Lipinski definition) is 6. The molecule has 0 saturated carbocycles. The van der Waals surface area contributed by atoms with E-state index < -0.39 is 12.0 Å². The van der Waals surface area contributed by atoms with Gasteiger partial charge in [-0.3, -0.25) is 9.59 Å². The van der Waals surface area contributed by atoms with Gasteiger partial charge in [-0.1, -0.05) is 23.7 Å². The molecule has 4 rings (SSSR count). The van der Waals surface area contributed by atoms with Gasteiger partial charge < -0.3 is 29.2 Å². The number of carbonyl (C=O) groups is 2. The molecule has 37 heavy (non-hydrogen) atoms. The van der Waals surface area contributed by atoms with Crippen molar-refractivity contribution in [1.82, 2.24) is 0 Å². The second-order valence-corrected chi connectivity index (χ2v) is 8.91. The molecule has 2 atom stereocenters. The molecule has 1 aliphatic heterocycles. The Balaban J connectivity index is 1.74. The lowest BCUT2D eigenvalue weighted by molar-refractivity contribution is -0.125. The number of methoxy groups -OCH3 is 4. The molecular weight excluding hydrogens is 496 g/mol. The number of piperidine rings is 1. The van der Waals surface area contributed by atoms with Gasteiger partial charge in [0.05, 0.1) is 51.1 Å². The van der Waals surface area contributed by atoms with Crippen molar-refractivity contribution in [1.29, 1.82) is 0 Å². The summed E-state index contributed by atoms with van der Waals surface area (Å²) in [4.78, 5) is 28.7. The molecule has 0 aromatic heterocycles. The number of ether oxygens (including phenoxy) is 4. The minimum absolute atomic E-state index is 0.0693. The van der Waals surface area contributed by atoms with E-state index in [1.807, 2.05) is 36.4 Å². The van der Waals surface area contributed by atoms with Crippen LogP contribution in [0, 0.1) is 5.92 Å². The summed E-state index contributed by atoms with van der Waals surface area (Å²) in [6, 6.07) is 17.3. The molecule has 1 N–H and O–H groups in total. The number of anilines is 2. The molecule has 1 heterocycles. The minimum atomic E-state index is -0.557. The predicted molar refractivity (Wildman–Crippen MR) is 142 cm³/mol. The van der Waals surface area contributed by atoms with Gasteiger partial charge >= 0.3 is 0 Å². The van der Waals surface area contributed by atoms with Crippen LogP contribution in [0.15, 0.2) is 60.7 Å². The summed E-state index contributed by atoms with van der Waals surface area (Å²) >= 11 is 6.32. The lowest BCUT2D eigenvalue weighted by atomic mass is 9.83. The van der Waals surface area contributed by atoms with Gasteiger partial charge in [0, 0.05) is 18.2 Å². The number of rotatable bonds is 8. The molecule has 0 unspecified atom stereocenters. The highest BCUT2D eigenvalue weighted by molar-refractivity contribution is 6.32. The summed E-state index contributed by atoms with van der Waals surface area (Å²) in [6.45, 7) is 0. The Morgan fingerprint density at radius 3 is 2.03 bits per heavy atom. The molecule has 1 saturated heterocycles. The zero-order valence-corrected chi connectivity index (χ0v) is 21.9. The lowest BCUT2D eigenvalue weighted by Gasteiger charge is -2.41. The van der Waals surface area contributed by atoms with Crippen LogP contribution in [0.1, 0.15) is 24.4 Å². The Bertz CT molecular complexity index is 1260. The fraction of sp³-hybridized carbons (Fsp3) is 0.286. The zero-order valence-electron chi connectivity index (χ0n) is 21.1. The summed E-state index contributed by atoms with van der Waals surface area (Å²) < 4.78 is 21.3. The van der Waals surface area contributed by atoms with Gasteiger partial charge in [-0.25, -0.2) is 0 Å². The van der Waals surface area contributed by atoms with Crippen molar-refractivity contribution in [3.8, 4) is 23.0 Å². The van der Waals surface area contributed by atoms with Gasteiger partial charge in [-0.05, 0) is 54.4 Å². The van der Waals surface area contributed by atoms with Crippen molar-refractivity contribution < 1.29 is 28.5 Å². The third kappa shape index (κ3) is 5.44. The molecule has 0 aliphatic carbocycles. The maximum atomic E-state index is 13.8. The van der Waals surface area contributed by atoms with Crippen molar-refractivity contribution >= 4 is 34.8 Å². The van der Waals surface area contributed by atoms with E-state index >= 15 is 0 Å². The van der Waals surface area contributed by atoms with Crippen molar-refractivity contribution in [2.45, 2.75) is 18.9 Å². The minimum Gasteiger partial charge on any atom is -0.497 e. The normalized spacial score (nSPS) is 17.2. The van der Waals surface area contributed by atoms with Crippen molar-refractivity contribution in [3.05, 3.63) is 71.2 Å². The fourth-order valence-corrected chi connectivity index (χ4v) is 4.82. The van der Waals surface area contributed by atoms with Crippen molar-refractivity contribution in [2.75, 3.05) is 38.7 Å². The summed E-state index contributed by atoms with van der Waals surface area (Å²) in [6.07, 6.45) is 0.595. The van der Waals surface area contributed by atoms with Crippen molar-refractivity contribution in [2.24, 2.45) is 5.92 Å². The monoisotopic (exact) mass is 524 g/mol. The van der Waals surface area contributed by atoms with Crippen LogP contribution in [0.3, 0.4) is 0 Å². The van der Waals surface area contributed by atoms with Crippen LogP contribution in [-0.2, 0) is 9.59 Å². The molecule has 1 fully saturated rings. The second kappa shape index (κ2) is 11.4. The molecule has 0 bridgehead atoms. The van der Waals surface area contributed by atoms with Crippen LogP contribution >= 0.6 is 11.6 Å². The number of halogens is 1. The van der Waals surface area contributed by atoms with Gasteiger partial charge in [0.15, 0.2) is 0 Å². The highest BCUT2D eigenvalue weighted by Gasteiger charge is 2.41. The Morgan fingerprint density at radius 1 is 0.865 bits per heavy atom. The van der Waals surface area contributed by atoms with Gasteiger partial charge in [0.2, 0.25) is 11.8 Å². The molecule has 9 heteroatoms. The lowest BCUT2D eigenvalue weighted by Crippen LogP contribution is -2.47. The van der Waals surface area contributed by atoms with E-state index in [1.165, 1.54) is 14.2 Å². The average Bonchev–Trinajstić information content (AvgIpc) is 2.93. The van der Waals surface area contributed by atoms with Crippen LogP contribution < -0.4 is 29.2 Å². The third-order valence-corrected chi connectivity index (χ3v) is 6.77. The average molecular weight is 525 g/mol. The molecule has 8 nitrogen and oxygen atoms in total. The van der Waals surface area contributed by atoms with E-state index in [-0.39, 0.29) is 18.2 Å². The van der Waals surface area contributed by atoms with Gasteiger partial charge in [0.25, 0.3) is 0 Å². The quantitative estimate of drug-likeness (QED) is 0.419. The van der Waals surface area contributed by atoms with E-state index in [2.05, 4.69) is 5.32 Å². The number of benzene rings is 3. The topological polar surface area (TPSA) is 86.3 Å². The first-order chi connectivity index (χ1) is 17.9. The van der Waals surface area contributed by atoms with E-state index in [9.17, 15) is 9.59 Å². The first-order valence-corrected chi connectivity index (χ1v) is 12.1. The van der Waals surface area contributed by atoms with Crippen LogP contribution in [-0.4, -0.2) is 40.3 Å². The maximum Gasteiger partial charge on any atom is 0.230 e. The molecule has 1 aliphatic rings. The van der Waals surface area contributed by atoms with E-state index in [0.29, 0.717) is 45.8 Å². The molecule has 0 radical (unpaired) electrons. The van der Waals surface area contributed by atoms with Gasteiger partial charge in [0.1, 0.15) is 23.0 Å². The molecule has 194 valence electrons. The SMILES string of the molecule is COc1ccc([C@H]2[C@@H](C(=O)Nc3cc(Cl)c(OC)cc3OC)CCC(=O)N2c2ccc(OC)cc2)cc1. The van der Waals surface area contributed by atoms with Crippen LogP contribution in [0.2, 0.25) is 5.02 Å². The standard InChI is InChI=1S/C28H29ClN2O6/c1-34-19-9-5-17(6-10-19)27-21(13-14-26(32)31(27)18-7-11-20(35-2)12-8-18)28(33)30-23-15-22(29)24(36-3)16-25(23)37-4/h5-12,15-16,21,27H,13-14H2,1-4H3,(H,30,33)/t21-,27-/m0/s1.